The molecule has 0 unspecified atom stereocenters. The van der Waals surface area contributed by atoms with Crippen molar-refractivity contribution >= 4 is 22.1 Å². The average Bonchev–Trinajstić information content (AvgIpc) is 2.83. The summed E-state index contributed by atoms with van der Waals surface area (Å²) in [6.07, 6.45) is 1.39. The zero-order chi connectivity index (χ0) is 29.0. The van der Waals surface area contributed by atoms with E-state index in [1.807, 2.05) is 66.7 Å². The number of aromatic hydroxyl groups is 1. The van der Waals surface area contributed by atoms with Crippen LogP contribution in [0, 0.1) is 6.92 Å². The summed E-state index contributed by atoms with van der Waals surface area (Å²) >= 11 is 0. The molecule has 0 aliphatic heterocycles. The van der Waals surface area contributed by atoms with E-state index in [1.165, 1.54) is 6.21 Å². The van der Waals surface area contributed by atoms with Crippen molar-refractivity contribution in [3.05, 3.63) is 94.5 Å². The lowest BCUT2D eigenvalue weighted by Crippen LogP contribution is -2.32. The standard InChI is InChI=1S/C31H39N3O4S/c1-21-13-15-24(16-14-21)39(37,38)34-27(23-11-9-8-10-12-23)19-28(35)33-32-20-22-17-25(30(2,3)4)29(36)26(18-22)31(5,6)7/h8-18,20,27,34,36H,19H2,1-7H3,(H,33,35)/b32-20-/t27-/m1/s1. The molecule has 0 aliphatic carbocycles. The summed E-state index contributed by atoms with van der Waals surface area (Å²) < 4.78 is 28.8. The number of hydrogen-bond acceptors (Lipinski definition) is 5. The minimum absolute atomic E-state index is 0.129. The Labute approximate surface area is 232 Å². The van der Waals surface area contributed by atoms with Crippen LogP contribution in [0.3, 0.4) is 0 Å². The second kappa shape index (κ2) is 11.7. The number of rotatable bonds is 8. The molecule has 0 saturated heterocycles. The lowest BCUT2D eigenvalue weighted by molar-refractivity contribution is -0.121. The smallest absolute Gasteiger partial charge is 0.242 e. The normalized spacial score (nSPS) is 13.4. The minimum Gasteiger partial charge on any atom is -0.507 e. The maximum atomic E-state index is 13.1. The van der Waals surface area contributed by atoms with E-state index in [1.54, 1.807) is 48.5 Å². The quantitative estimate of drug-likeness (QED) is 0.242. The largest absolute Gasteiger partial charge is 0.507 e. The van der Waals surface area contributed by atoms with Gasteiger partial charge in [-0.1, -0.05) is 89.6 Å². The van der Waals surface area contributed by atoms with Gasteiger partial charge < -0.3 is 5.11 Å². The van der Waals surface area contributed by atoms with Crippen LogP contribution in [0.1, 0.15) is 81.8 Å². The monoisotopic (exact) mass is 549 g/mol. The Morgan fingerprint density at radius 2 is 1.46 bits per heavy atom. The highest BCUT2D eigenvalue weighted by Gasteiger charge is 2.27. The molecule has 0 bridgehead atoms. The van der Waals surface area contributed by atoms with Gasteiger partial charge in [0, 0.05) is 17.5 Å². The fourth-order valence-electron chi connectivity index (χ4n) is 4.17. The zero-order valence-corrected chi connectivity index (χ0v) is 24.6. The summed E-state index contributed by atoms with van der Waals surface area (Å²) in [5.41, 5.74) is 5.86. The van der Waals surface area contributed by atoms with Crippen LogP contribution in [-0.4, -0.2) is 25.6 Å². The molecule has 3 aromatic rings. The van der Waals surface area contributed by atoms with Crippen LogP contribution >= 0.6 is 0 Å². The van der Waals surface area contributed by atoms with Crippen molar-refractivity contribution in [3.8, 4) is 5.75 Å². The van der Waals surface area contributed by atoms with Gasteiger partial charge in [-0.05, 0) is 53.1 Å². The van der Waals surface area contributed by atoms with E-state index in [4.69, 9.17) is 0 Å². The molecule has 0 fully saturated rings. The molecule has 1 atom stereocenters. The number of sulfonamides is 1. The number of hydrazone groups is 1. The Kier molecular flexibility index (Phi) is 9.03. The molecule has 39 heavy (non-hydrogen) atoms. The number of phenolic OH excluding ortho intramolecular Hbond substituents is 1. The van der Waals surface area contributed by atoms with Crippen LogP contribution in [0.25, 0.3) is 0 Å². The summed E-state index contributed by atoms with van der Waals surface area (Å²) in [6, 6.07) is 18.4. The second-order valence-electron chi connectivity index (χ2n) is 11.9. The van der Waals surface area contributed by atoms with Gasteiger partial charge in [0.1, 0.15) is 5.75 Å². The highest BCUT2D eigenvalue weighted by molar-refractivity contribution is 7.89. The molecule has 7 nitrogen and oxygen atoms in total. The summed E-state index contributed by atoms with van der Waals surface area (Å²) in [6.45, 7) is 14.0. The van der Waals surface area contributed by atoms with Crippen molar-refractivity contribution in [3.63, 3.8) is 0 Å². The third-order valence-corrected chi connectivity index (χ3v) is 7.86. The van der Waals surface area contributed by atoms with Crippen molar-refractivity contribution in [2.45, 2.75) is 76.7 Å². The highest BCUT2D eigenvalue weighted by Crippen LogP contribution is 2.39. The first-order valence-electron chi connectivity index (χ1n) is 12.9. The number of nitrogens with one attached hydrogen (secondary N) is 2. The molecular formula is C31H39N3O4S. The van der Waals surface area contributed by atoms with Gasteiger partial charge in [0.25, 0.3) is 0 Å². The number of carbonyl (C=O) groups is 1. The van der Waals surface area contributed by atoms with E-state index in [0.717, 1.165) is 22.3 Å². The van der Waals surface area contributed by atoms with E-state index in [-0.39, 0.29) is 27.9 Å². The zero-order valence-electron chi connectivity index (χ0n) is 23.7. The molecule has 0 saturated carbocycles. The first kappa shape index (κ1) is 30.1. The number of aryl methyl sites for hydroxylation is 1. The predicted molar refractivity (Wildman–Crippen MR) is 157 cm³/mol. The van der Waals surface area contributed by atoms with Gasteiger partial charge in [-0.15, -0.1) is 0 Å². The molecular weight excluding hydrogens is 510 g/mol. The van der Waals surface area contributed by atoms with Crippen molar-refractivity contribution in [1.82, 2.24) is 10.1 Å². The van der Waals surface area contributed by atoms with Crippen molar-refractivity contribution in [2.75, 3.05) is 0 Å². The van der Waals surface area contributed by atoms with E-state index in [2.05, 4.69) is 15.2 Å². The molecule has 3 rings (SSSR count). The summed E-state index contributed by atoms with van der Waals surface area (Å²) in [7, 11) is -3.87. The lowest BCUT2D eigenvalue weighted by atomic mass is 9.78. The molecule has 3 aromatic carbocycles. The third-order valence-electron chi connectivity index (χ3n) is 6.37. The Bertz CT molecular complexity index is 1400. The fourth-order valence-corrected chi connectivity index (χ4v) is 5.39. The van der Waals surface area contributed by atoms with Gasteiger partial charge in [0.15, 0.2) is 0 Å². The molecule has 3 N–H and O–H groups in total. The van der Waals surface area contributed by atoms with E-state index in [9.17, 15) is 18.3 Å². The van der Waals surface area contributed by atoms with Crippen molar-refractivity contribution in [2.24, 2.45) is 5.10 Å². The number of amides is 1. The minimum atomic E-state index is -3.87. The molecule has 1 amide bonds. The van der Waals surface area contributed by atoms with Gasteiger partial charge >= 0.3 is 0 Å². The number of carbonyl (C=O) groups excluding carboxylic acids is 1. The third kappa shape index (κ3) is 8.00. The Hall–Kier alpha value is -3.49. The van der Waals surface area contributed by atoms with Gasteiger partial charge in [-0.3, -0.25) is 4.79 Å². The van der Waals surface area contributed by atoms with E-state index < -0.39 is 22.0 Å². The average molecular weight is 550 g/mol. The Morgan fingerprint density at radius 1 is 0.923 bits per heavy atom. The topological polar surface area (TPSA) is 108 Å². The van der Waals surface area contributed by atoms with Gasteiger partial charge in [-0.25, -0.2) is 18.6 Å². The second-order valence-corrected chi connectivity index (χ2v) is 13.6. The van der Waals surface area contributed by atoms with Crippen LogP contribution in [0.2, 0.25) is 0 Å². The summed E-state index contributed by atoms with van der Waals surface area (Å²) in [4.78, 5) is 13.0. The Balaban J connectivity index is 1.82. The molecule has 0 aliphatic rings. The van der Waals surface area contributed by atoms with Crippen LogP contribution in [0.4, 0.5) is 0 Å². The van der Waals surface area contributed by atoms with Crippen LogP contribution in [0.15, 0.2) is 76.7 Å². The first-order valence-corrected chi connectivity index (χ1v) is 14.4. The van der Waals surface area contributed by atoms with Crippen LogP contribution in [-0.2, 0) is 25.6 Å². The summed E-state index contributed by atoms with van der Waals surface area (Å²) in [5, 5.41) is 15.1. The maximum Gasteiger partial charge on any atom is 0.242 e. The number of nitrogens with zero attached hydrogens (tertiary/aromatic N) is 1. The van der Waals surface area contributed by atoms with Crippen molar-refractivity contribution < 1.29 is 18.3 Å². The van der Waals surface area contributed by atoms with Gasteiger partial charge in [0.05, 0.1) is 17.2 Å². The Morgan fingerprint density at radius 3 is 1.97 bits per heavy atom. The molecule has 208 valence electrons. The van der Waals surface area contributed by atoms with Gasteiger partial charge in [0.2, 0.25) is 15.9 Å². The number of benzene rings is 3. The van der Waals surface area contributed by atoms with Gasteiger partial charge in [-0.2, -0.15) is 5.10 Å². The lowest BCUT2D eigenvalue weighted by Gasteiger charge is -2.27. The van der Waals surface area contributed by atoms with Crippen LogP contribution in [0.5, 0.6) is 5.75 Å². The molecule has 0 heterocycles. The van der Waals surface area contributed by atoms with E-state index in [0.29, 0.717) is 5.56 Å². The number of phenols is 1. The SMILES string of the molecule is Cc1ccc(S(=O)(=O)N[C@H](CC(=O)N/N=C\c2cc(C(C)(C)C)c(O)c(C(C)(C)C)c2)c2ccccc2)cc1. The predicted octanol–water partition coefficient (Wildman–Crippen LogP) is 5.86. The molecule has 0 spiro atoms. The first-order chi connectivity index (χ1) is 18.1. The highest BCUT2D eigenvalue weighted by atomic mass is 32.2. The van der Waals surface area contributed by atoms with E-state index >= 15 is 0 Å². The molecule has 0 aromatic heterocycles. The number of hydrogen-bond donors (Lipinski definition) is 3. The molecule has 0 radical (unpaired) electrons. The summed E-state index contributed by atoms with van der Waals surface area (Å²) in [5.74, 6) is -0.180. The molecule has 8 heteroatoms. The maximum absolute atomic E-state index is 13.1. The van der Waals surface area contributed by atoms with Crippen LogP contribution < -0.4 is 10.1 Å². The fraction of sp³-hybridized carbons (Fsp3) is 0.355. The van der Waals surface area contributed by atoms with Crippen molar-refractivity contribution in [1.29, 1.82) is 0 Å².